The minimum atomic E-state index is -0.801. The SMILES string of the molecule is COc1cc(C)c(/C(O)=C2\C(=O)C(=O)N(Cc3cccs3)C2c2cccc(Oc3ccccc3)c2)cc1C(C)C. The number of aliphatic hydroxyl groups excluding tert-OH is 1. The van der Waals surface area contributed by atoms with E-state index in [2.05, 4.69) is 0 Å². The van der Waals surface area contributed by atoms with Crippen LogP contribution in [0.15, 0.2) is 89.8 Å². The summed E-state index contributed by atoms with van der Waals surface area (Å²) in [6, 6.07) is 23.5. The van der Waals surface area contributed by atoms with E-state index in [0.29, 0.717) is 28.4 Å². The first-order chi connectivity index (χ1) is 19.3. The molecule has 1 aliphatic rings. The summed E-state index contributed by atoms with van der Waals surface area (Å²) in [4.78, 5) is 29.6. The first kappa shape index (κ1) is 27.2. The second kappa shape index (κ2) is 11.4. The molecule has 5 rings (SSSR count). The minimum Gasteiger partial charge on any atom is -0.507 e. The summed E-state index contributed by atoms with van der Waals surface area (Å²) in [6.07, 6.45) is 0. The van der Waals surface area contributed by atoms with Crippen LogP contribution in [-0.4, -0.2) is 28.8 Å². The summed E-state index contributed by atoms with van der Waals surface area (Å²) < 4.78 is 11.6. The molecule has 1 amide bonds. The highest BCUT2D eigenvalue weighted by molar-refractivity contribution is 7.09. The van der Waals surface area contributed by atoms with Crippen molar-refractivity contribution in [1.82, 2.24) is 4.90 Å². The fraction of sp³-hybridized carbons (Fsp3) is 0.212. The molecule has 1 N–H and O–H groups in total. The molecule has 0 spiro atoms. The van der Waals surface area contributed by atoms with Crippen LogP contribution in [0.4, 0.5) is 0 Å². The fourth-order valence-corrected chi connectivity index (χ4v) is 5.76. The Morgan fingerprint density at radius 3 is 2.40 bits per heavy atom. The molecule has 0 radical (unpaired) electrons. The van der Waals surface area contributed by atoms with E-state index in [0.717, 1.165) is 16.0 Å². The van der Waals surface area contributed by atoms with Crippen LogP contribution in [0.25, 0.3) is 5.76 Å². The predicted octanol–water partition coefficient (Wildman–Crippen LogP) is 7.60. The summed E-state index contributed by atoms with van der Waals surface area (Å²) in [5.41, 5.74) is 2.86. The van der Waals surface area contributed by atoms with Crippen LogP contribution >= 0.6 is 11.3 Å². The van der Waals surface area contributed by atoms with Gasteiger partial charge in [-0.2, -0.15) is 0 Å². The molecule has 0 bridgehead atoms. The van der Waals surface area contributed by atoms with Gasteiger partial charge >= 0.3 is 0 Å². The molecular formula is C33H31NO5S. The Morgan fingerprint density at radius 1 is 0.975 bits per heavy atom. The van der Waals surface area contributed by atoms with E-state index in [1.54, 1.807) is 7.11 Å². The Hall–Kier alpha value is -4.36. The zero-order chi connectivity index (χ0) is 28.4. The molecule has 4 aromatic rings. The number of hydrogen-bond donors (Lipinski definition) is 1. The van der Waals surface area contributed by atoms with Gasteiger partial charge in [-0.25, -0.2) is 0 Å². The van der Waals surface area contributed by atoms with Crippen molar-refractivity contribution < 1.29 is 24.2 Å². The monoisotopic (exact) mass is 553 g/mol. The first-order valence-corrected chi connectivity index (χ1v) is 14.0. The number of hydrogen-bond acceptors (Lipinski definition) is 6. The Balaban J connectivity index is 1.66. The van der Waals surface area contributed by atoms with Crippen molar-refractivity contribution in [2.75, 3.05) is 7.11 Å². The highest BCUT2D eigenvalue weighted by atomic mass is 32.1. The number of likely N-dealkylation sites (tertiary alicyclic amines) is 1. The summed E-state index contributed by atoms with van der Waals surface area (Å²) in [6.45, 7) is 6.17. The number of amides is 1. The van der Waals surface area contributed by atoms with Gasteiger partial charge in [0.25, 0.3) is 11.7 Å². The third-order valence-electron chi connectivity index (χ3n) is 7.05. The van der Waals surface area contributed by atoms with Gasteiger partial charge in [0.1, 0.15) is 23.0 Å². The van der Waals surface area contributed by atoms with Crippen molar-refractivity contribution in [3.05, 3.63) is 117 Å². The van der Waals surface area contributed by atoms with Crippen LogP contribution in [0, 0.1) is 6.92 Å². The van der Waals surface area contributed by atoms with Gasteiger partial charge in [-0.05, 0) is 77.4 Å². The van der Waals surface area contributed by atoms with E-state index < -0.39 is 17.7 Å². The largest absolute Gasteiger partial charge is 0.507 e. The number of ether oxygens (including phenoxy) is 2. The van der Waals surface area contributed by atoms with Crippen LogP contribution in [0.5, 0.6) is 17.2 Å². The van der Waals surface area contributed by atoms with Crippen molar-refractivity contribution in [3.8, 4) is 17.2 Å². The number of nitrogens with zero attached hydrogens (tertiary/aromatic N) is 1. The Bertz CT molecular complexity index is 1570. The zero-order valence-corrected chi connectivity index (χ0v) is 23.7. The molecule has 0 aliphatic carbocycles. The van der Waals surface area contributed by atoms with Gasteiger partial charge in [-0.15, -0.1) is 11.3 Å². The topological polar surface area (TPSA) is 76.1 Å². The molecule has 1 aliphatic heterocycles. The maximum absolute atomic E-state index is 13.6. The van der Waals surface area contributed by atoms with Gasteiger partial charge in [-0.1, -0.05) is 50.2 Å². The minimum absolute atomic E-state index is 0.0568. The average molecular weight is 554 g/mol. The lowest BCUT2D eigenvalue weighted by atomic mass is 9.91. The Labute approximate surface area is 238 Å². The molecular weight excluding hydrogens is 522 g/mol. The molecule has 1 unspecified atom stereocenters. The molecule has 2 heterocycles. The number of rotatable bonds is 8. The van der Waals surface area contributed by atoms with E-state index in [4.69, 9.17) is 9.47 Å². The number of benzene rings is 3. The van der Waals surface area contributed by atoms with E-state index in [1.165, 1.54) is 16.2 Å². The van der Waals surface area contributed by atoms with E-state index >= 15 is 0 Å². The lowest BCUT2D eigenvalue weighted by Crippen LogP contribution is -2.28. The highest BCUT2D eigenvalue weighted by Crippen LogP contribution is 2.43. The quantitative estimate of drug-likeness (QED) is 0.138. The fourth-order valence-electron chi connectivity index (χ4n) is 5.06. The summed E-state index contributed by atoms with van der Waals surface area (Å²) in [5, 5.41) is 13.7. The van der Waals surface area contributed by atoms with Crippen LogP contribution in [0.1, 0.15) is 52.9 Å². The average Bonchev–Trinajstić information content (AvgIpc) is 3.55. The zero-order valence-electron chi connectivity index (χ0n) is 22.9. The van der Waals surface area contributed by atoms with Crippen molar-refractivity contribution in [2.24, 2.45) is 0 Å². The van der Waals surface area contributed by atoms with Gasteiger partial charge in [0.15, 0.2) is 0 Å². The van der Waals surface area contributed by atoms with Crippen molar-refractivity contribution in [2.45, 2.75) is 39.3 Å². The molecule has 1 saturated heterocycles. The molecule has 40 heavy (non-hydrogen) atoms. The third kappa shape index (κ3) is 5.25. The van der Waals surface area contributed by atoms with Crippen LogP contribution in [0.3, 0.4) is 0 Å². The number of aliphatic hydroxyl groups is 1. The number of methoxy groups -OCH3 is 1. The maximum Gasteiger partial charge on any atom is 0.295 e. The molecule has 1 aromatic heterocycles. The smallest absolute Gasteiger partial charge is 0.295 e. The number of carbonyl (C=O) groups is 2. The van der Waals surface area contributed by atoms with Gasteiger partial charge in [0, 0.05) is 10.4 Å². The number of aryl methyl sites for hydroxylation is 1. The van der Waals surface area contributed by atoms with Crippen molar-refractivity contribution in [3.63, 3.8) is 0 Å². The highest BCUT2D eigenvalue weighted by Gasteiger charge is 2.46. The van der Waals surface area contributed by atoms with Gasteiger partial charge in [0.05, 0.1) is 25.3 Å². The molecule has 204 valence electrons. The molecule has 3 aromatic carbocycles. The standard InChI is InChI=1S/C33H31NO5S/c1-20(2)26-18-27(21(3)16-28(26)38-4)31(35)29-30(34(33(37)32(29)36)19-25-14-9-15-40-25)22-10-8-13-24(17-22)39-23-11-6-5-7-12-23/h5-18,20,30,35H,19H2,1-4H3/b31-29+. The second-order valence-electron chi connectivity index (χ2n) is 10.1. The number of Topliss-reactive ketones (excluding diaryl/α,β-unsaturated/α-hetero) is 1. The summed E-state index contributed by atoms with van der Waals surface area (Å²) in [5.74, 6) is 0.499. The van der Waals surface area contributed by atoms with Gasteiger partial charge in [-0.3, -0.25) is 9.59 Å². The Kier molecular flexibility index (Phi) is 7.76. The second-order valence-corrected chi connectivity index (χ2v) is 11.1. The number of thiophene rings is 1. The van der Waals surface area contributed by atoms with Crippen LogP contribution < -0.4 is 9.47 Å². The van der Waals surface area contributed by atoms with Crippen molar-refractivity contribution in [1.29, 1.82) is 0 Å². The molecule has 7 heteroatoms. The Morgan fingerprint density at radius 2 is 1.73 bits per heavy atom. The lowest BCUT2D eigenvalue weighted by molar-refractivity contribution is -0.140. The summed E-state index contributed by atoms with van der Waals surface area (Å²) in [7, 11) is 1.61. The van der Waals surface area contributed by atoms with Crippen LogP contribution in [0.2, 0.25) is 0 Å². The molecule has 1 atom stereocenters. The van der Waals surface area contributed by atoms with Crippen LogP contribution in [-0.2, 0) is 16.1 Å². The van der Waals surface area contributed by atoms with E-state index in [9.17, 15) is 14.7 Å². The number of carbonyl (C=O) groups excluding carboxylic acids is 2. The lowest BCUT2D eigenvalue weighted by Gasteiger charge is -2.25. The number of ketones is 1. The van der Waals surface area contributed by atoms with Crippen molar-refractivity contribution >= 4 is 28.8 Å². The molecule has 0 saturated carbocycles. The maximum atomic E-state index is 13.6. The molecule has 1 fully saturated rings. The number of para-hydroxylation sites is 1. The van der Waals surface area contributed by atoms with Gasteiger partial charge < -0.3 is 19.5 Å². The van der Waals surface area contributed by atoms with E-state index in [1.807, 2.05) is 105 Å². The first-order valence-electron chi connectivity index (χ1n) is 13.1. The normalized spacial score (nSPS) is 16.5. The predicted molar refractivity (Wildman–Crippen MR) is 157 cm³/mol. The summed E-state index contributed by atoms with van der Waals surface area (Å²) >= 11 is 1.51. The van der Waals surface area contributed by atoms with Gasteiger partial charge in [0.2, 0.25) is 0 Å². The van der Waals surface area contributed by atoms with E-state index in [-0.39, 0.29) is 23.8 Å². The third-order valence-corrected chi connectivity index (χ3v) is 7.91. The molecule has 6 nitrogen and oxygen atoms in total.